The Morgan fingerprint density at radius 1 is 1.26 bits per heavy atom. The van der Waals surface area contributed by atoms with Gasteiger partial charge in [-0.1, -0.05) is 0 Å². The first kappa shape index (κ1) is 18.6. The molecule has 3 rings (SSSR count). The summed E-state index contributed by atoms with van der Waals surface area (Å²) in [5.74, 6) is -0.188. The topological polar surface area (TPSA) is 112 Å². The third kappa shape index (κ3) is 3.98. The summed E-state index contributed by atoms with van der Waals surface area (Å²) in [6.45, 7) is 2.30. The van der Waals surface area contributed by atoms with Crippen molar-refractivity contribution in [2.75, 3.05) is 11.9 Å². The number of hydrogen-bond donors (Lipinski definition) is 1. The molecule has 1 heterocycles. The molecule has 1 N–H and O–H groups in total. The quantitative estimate of drug-likeness (QED) is 0.368. The molecule has 0 saturated heterocycles. The predicted octanol–water partition coefficient (Wildman–Crippen LogP) is 4.11. The van der Waals surface area contributed by atoms with Gasteiger partial charge in [-0.05, 0) is 47.1 Å². The molecule has 2 aromatic carbocycles. The SMILES string of the molecule is CCOc1ccc2cc(C(=O)Nc3cc([N+](=O)[O-])ccc3Br)c(=O)oc2c1. The molecule has 27 heavy (non-hydrogen) atoms. The number of anilines is 1. The van der Waals surface area contributed by atoms with Gasteiger partial charge in [-0.15, -0.1) is 0 Å². The minimum Gasteiger partial charge on any atom is -0.494 e. The Hall–Kier alpha value is -3.20. The number of non-ortho nitro benzene ring substituents is 1. The number of rotatable bonds is 5. The Morgan fingerprint density at radius 2 is 2.04 bits per heavy atom. The Balaban J connectivity index is 1.95. The zero-order valence-electron chi connectivity index (χ0n) is 14.0. The average Bonchev–Trinajstić information content (AvgIpc) is 2.62. The number of nitrogens with zero attached hydrogens (tertiary/aromatic N) is 1. The molecule has 1 amide bonds. The molecule has 8 nitrogen and oxygen atoms in total. The Morgan fingerprint density at radius 3 is 2.74 bits per heavy atom. The third-order valence-electron chi connectivity index (χ3n) is 3.67. The first-order valence-electron chi connectivity index (χ1n) is 7.85. The zero-order chi connectivity index (χ0) is 19.6. The number of amides is 1. The van der Waals surface area contributed by atoms with Gasteiger partial charge in [0.25, 0.3) is 11.6 Å². The van der Waals surface area contributed by atoms with E-state index in [1.165, 1.54) is 24.3 Å². The van der Waals surface area contributed by atoms with Gasteiger partial charge in [0.1, 0.15) is 16.9 Å². The van der Waals surface area contributed by atoms with Gasteiger partial charge >= 0.3 is 5.63 Å². The van der Waals surface area contributed by atoms with Crippen LogP contribution in [0.15, 0.2) is 56.1 Å². The molecule has 0 aliphatic heterocycles. The van der Waals surface area contributed by atoms with Gasteiger partial charge in [0, 0.05) is 28.1 Å². The van der Waals surface area contributed by atoms with Crippen LogP contribution in [0.1, 0.15) is 17.3 Å². The molecule has 3 aromatic rings. The summed E-state index contributed by atoms with van der Waals surface area (Å²) in [7, 11) is 0. The summed E-state index contributed by atoms with van der Waals surface area (Å²) < 4.78 is 11.0. The number of nitrogens with one attached hydrogen (secondary N) is 1. The van der Waals surface area contributed by atoms with Crippen LogP contribution in [-0.4, -0.2) is 17.4 Å². The number of nitro groups is 1. The van der Waals surface area contributed by atoms with Gasteiger partial charge in [-0.3, -0.25) is 14.9 Å². The van der Waals surface area contributed by atoms with E-state index in [4.69, 9.17) is 9.15 Å². The molecule has 0 saturated carbocycles. The first-order chi connectivity index (χ1) is 12.9. The summed E-state index contributed by atoms with van der Waals surface area (Å²) in [6, 6.07) is 10.3. The maximum absolute atomic E-state index is 12.5. The van der Waals surface area contributed by atoms with Crippen molar-refractivity contribution in [1.29, 1.82) is 0 Å². The van der Waals surface area contributed by atoms with Gasteiger partial charge < -0.3 is 14.5 Å². The fourth-order valence-corrected chi connectivity index (χ4v) is 2.76. The van der Waals surface area contributed by atoms with Crippen molar-refractivity contribution in [3.8, 4) is 5.75 Å². The number of ether oxygens (including phenoxy) is 1. The number of fused-ring (bicyclic) bond motifs is 1. The third-order valence-corrected chi connectivity index (χ3v) is 4.36. The Bertz CT molecular complexity index is 1110. The van der Waals surface area contributed by atoms with Gasteiger partial charge in [0.05, 0.1) is 17.2 Å². The normalized spacial score (nSPS) is 10.6. The van der Waals surface area contributed by atoms with Crippen LogP contribution in [-0.2, 0) is 0 Å². The van der Waals surface area contributed by atoms with Gasteiger partial charge in [-0.2, -0.15) is 0 Å². The summed E-state index contributed by atoms with van der Waals surface area (Å²) in [6.07, 6.45) is 0. The molecule has 138 valence electrons. The van der Waals surface area contributed by atoms with Gasteiger partial charge in [-0.25, -0.2) is 4.79 Å². The van der Waals surface area contributed by atoms with Gasteiger partial charge in [0.2, 0.25) is 0 Å². The predicted molar refractivity (Wildman–Crippen MR) is 102 cm³/mol. The molecule has 0 aliphatic carbocycles. The van der Waals surface area contributed by atoms with Crippen LogP contribution in [0.25, 0.3) is 11.0 Å². The number of carbonyl (C=O) groups is 1. The molecule has 1 aromatic heterocycles. The smallest absolute Gasteiger partial charge is 0.349 e. The first-order valence-corrected chi connectivity index (χ1v) is 8.64. The minimum atomic E-state index is -0.824. The molecule has 0 unspecified atom stereocenters. The Labute approximate surface area is 161 Å². The fourth-order valence-electron chi connectivity index (χ4n) is 2.42. The van der Waals surface area contributed by atoms with Crippen LogP contribution in [0, 0.1) is 10.1 Å². The fraction of sp³-hybridized carbons (Fsp3) is 0.111. The van der Waals surface area contributed by atoms with E-state index >= 15 is 0 Å². The molecule has 0 fully saturated rings. The Kier molecular flexibility index (Phi) is 5.22. The highest BCUT2D eigenvalue weighted by molar-refractivity contribution is 9.10. The minimum absolute atomic E-state index is 0.167. The zero-order valence-corrected chi connectivity index (χ0v) is 15.6. The lowest BCUT2D eigenvalue weighted by Crippen LogP contribution is -2.21. The molecular formula is C18H13BrN2O6. The second kappa shape index (κ2) is 7.58. The highest BCUT2D eigenvalue weighted by atomic mass is 79.9. The number of nitro benzene ring substituents is 1. The second-order valence-corrected chi connectivity index (χ2v) is 6.31. The summed E-state index contributed by atoms with van der Waals surface area (Å²) in [5.41, 5.74) is -0.776. The molecule has 9 heteroatoms. The lowest BCUT2D eigenvalue weighted by Gasteiger charge is -2.08. The van der Waals surface area contributed by atoms with Crippen LogP contribution in [0.5, 0.6) is 5.75 Å². The van der Waals surface area contributed by atoms with E-state index in [0.717, 1.165) is 0 Å². The van der Waals surface area contributed by atoms with E-state index in [9.17, 15) is 19.7 Å². The summed E-state index contributed by atoms with van der Waals surface area (Å²) >= 11 is 3.21. The van der Waals surface area contributed by atoms with Crippen LogP contribution in [0.2, 0.25) is 0 Å². The lowest BCUT2D eigenvalue weighted by atomic mass is 10.1. The van der Waals surface area contributed by atoms with Crippen molar-refractivity contribution in [1.82, 2.24) is 0 Å². The second-order valence-electron chi connectivity index (χ2n) is 5.46. The van der Waals surface area contributed by atoms with Crippen molar-refractivity contribution in [3.05, 3.63) is 73.0 Å². The van der Waals surface area contributed by atoms with Crippen molar-refractivity contribution < 1.29 is 18.9 Å². The maximum atomic E-state index is 12.5. The highest BCUT2D eigenvalue weighted by Gasteiger charge is 2.17. The van der Waals surface area contributed by atoms with Crippen LogP contribution >= 0.6 is 15.9 Å². The molecule has 0 bridgehead atoms. The van der Waals surface area contributed by atoms with E-state index in [2.05, 4.69) is 21.2 Å². The van der Waals surface area contributed by atoms with Crippen molar-refractivity contribution >= 4 is 44.2 Å². The monoisotopic (exact) mass is 432 g/mol. The molecule has 0 spiro atoms. The lowest BCUT2D eigenvalue weighted by molar-refractivity contribution is -0.384. The number of carbonyl (C=O) groups excluding carboxylic acids is 1. The van der Waals surface area contributed by atoms with E-state index < -0.39 is 16.5 Å². The number of hydrogen-bond acceptors (Lipinski definition) is 6. The summed E-state index contributed by atoms with van der Waals surface area (Å²) in [5, 5.41) is 13.9. The highest BCUT2D eigenvalue weighted by Crippen LogP contribution is 2.28. The van der Waals surface area contributed by atoms with E-state index in [0.29, 0.717) is 27.8 Å². The van der Waals surface area contributed by atoms with Crippen LogP contribution in [0.3, 0.4) is 0 Å². The van der Waals surface area contributed by atoms with E-state index in [-0.39, 0.29) is 16.9 Å². The molecule has 0 atom stereocenters. The largest absolute Gasteiger partial charge is 0.494 e. The number of halogens is 1. The van der Waals surface area contributed by atoms with E-state index in [1.807, 2.05) is 6.92 Å². The van der Waals surface area contributed by atoms with Crippen molar-refractivity contribution in [2.45, 2.75) is 6.92 Å². The maximum Gasteiger partial charge on any atom is 0.349 e. The van der Waals surface area contributed by atoms with Crippen LogP contribution in [0.4, 0.5) is 11.4 Å². The molecule has 0 radical (unpaired) electrons. The summed E-state index contributed by atoms with van der Waals surface area (Å²) in [4.78, 5) is 35.0. The van der Waals surface area contributed by atoms with Crippen molar-refractivity contribution in [2.24, 2.45) is 0 Å². The average molecular weight is 433 g/mol. The standard InChI is InChI=1S/C18H13BrN2O6/c1-2-26-12-5-3-10-7-13(18(23)27-16(10)9-12)17(22)20-15-8-11(21(24)25)4-6-14(15)19/h3-9H,2H2,1H3,(H,20,22). The van der Waals surface area contributed by atoms with Crippen molar-refractivity contribution in [3.63, 3.8) is 0 Å². The van der Waals surface area contributed by atoms with E-state index in [1.54, 1.807) is 18.2 Å². The van der Waals surface area contributed by atoms with Crippen LogP contribution < -0.4 is 15.7 Å². The molecule has 0 aliphatic rings. The molecular weight excluding hydrogens is 420 g/mol. The van der Waals surface area contributed by atoms with Gasteiger partial charge in [0.15, 0.2) is 0 Å². The number of benzene rings is 2.